The molecule has 0 aromatic heterocycles. The van der Waals surface area contributed by atoms with Gasteiger partial charge in [0.1, 0.15) is 11.5 Å². The molecule has 0 aliphatic heterocycles. The molecule has 0 aliphatic carbocycles. The summed E-state index contributed by atoms with van der Waals surface area (Å²) in [4.78, 5) is 2.32. The monoisotopic (exact) mass is 741 g/mol. The molecule has 6 aromatic carbocycles. The van der Waals surface area contributed by atoms with Gasteiger partial charge in [0.15, 0.2) is 0 Å². The number of nitrogens with zero attached hydrogens (tertiary/aromatic N) is 1. The van der Waals surface area contributed by atoms with E-state index in [2.05, 4.69) is 148 Å². The van der Waals surface area contributed by atoms with Gasteiger partial charge in [-0.05, 0) is 89.5 Å². The molecule has 0 saturated carbocycles. The van der Waals surface area contributed by atoms with Crippen LogP contribution in [0.25, 0.3) is 22.3 Å². The number of ether oxygens (including phenoxy) is 2. The van der Waals surface area contributed by atoms with E-state index >= 15 is 0 Å². The van der Waals surface area contributed by atoms with Crippen molar-refractivity contribution in [2.45, 2.75) is 40.7 Å². The molecule has 0 amide bonds. The van der Waals surface area contributed by atoms with Gasteiger partial charge in [-0.1, -0.05) is 111 Å². The van der Waals surface area contributed by atoms with E-state index in [1.807, 2.05) is 30.3 Å². The van der Waals surface area contributed by atoms with E-state index < -0.39 is 7.92 Å². The Morgan fingerprint density at radius 1 is 0.680 bits per heavy atom. The minimum atomic E-state index is -0.892. The molecule has 0 radical (unpaired) electrons. The van der Waals surface area contributed by atoms with Crippen LogP contribution in [0.15, 0.2) is 115 Å². The molecule has 6 aromatic rings. The first kappa shape index (κ1) is 39.3. The molecule has 0 saturated heterocycles. The fourth-order valence-corrected chi connectivity index (χ4v) is 10.4. The summed E-state index contributed by atoms with van der Waals surface area (Å²) in [6.07, 6.45) is 0. The average Bonchev–Trinajstić information content (AvgIpc) is 3.76. The molecule has 0 aliphatic rings. The first-order valence-electron chi connectivity index (χ1n) is 16.8. The summed E-state index contributed by atoms with van der Waals surface area (Å²) >= 11 is 0. The van der Waals surface area contributed by atoms with Crippen molar-refractivity contribution in [3.05, 3.63) is 143 Å². The van der Waals surface area contributed by atoms with Crippen molar-refractivity contribution in [3.8, 4) is 33.8 Å². The van der Waals surface area contributed by atoms with Crippen molar-refractivity contribution in [2.75, 3.05) is 28.3 Å². The van der Waals surface area contributed by atoms with Crippen LogP contribution in [0, 0.1) is 27.7 Å². The number of rotatable bonds is 9. The number of hydrogen-bond acceptors (Lipinski definition) is 3. The molecule has 3 nitrogen and oxygen atoms in total. The average molecular weight is 742 g/mol. The van der Waals surface area contributed by atoms with Crippen molar-refractivity contribution in [1.29, 1.82) is 0 Å². The van der Waals surface area contributed by atoms with E-state index in [1.165, 1.54) is 49.0 Å². The Kier molecular flexibility index (Phi) is 13.9. The second-order valence-corrected chi connectivity index (χ2v) is 15.5. The summed E-state index contributed by atoms with van der Waals surface area (Å²) in [6.45, 7) is 10.9. The molecule has 0 spiro atoms. The number of benzene rings is 4. The van der Waals surface area contributed by atoms with Crippen LogP contribution in [0.1, 0.15) is 40.8 Å². The molecule has 6 rings (SSSR count). The molecule has 50 heavy (non-hydrogen) atoms. The van der Waals surface area contributed by atoms with E-state index in [0.29, 0.717) is 0 Å². The van der Waals surface area contributed by atoms with Gasteiger partial charge in [-0.25, -0.2) is 0 Å². The molecular weight excluding hydrogens is 692 g/mol. The van der Waals surface area contributed by atoms with Gasteiger partial charge in [0.2, 0.25) is 0 Å². The van der Waals surface area contributed by atoms with Crippen molar-refractivity contribution < 1.29 is 26.5 Å². The zero-order chi connectivity index (χ0) is 35.2. The van der Waals surface area contributed by atoms with Crippen LogP contribution in [0.2, 0.25) is 0 Å². The van der Waals surface area contributed by atoms with Gasteiger partial charge in [-0.2, -0.15) is 0 Å². The first-order chi connectivity index (χ1) is 23.6. The smallest absolute Gasteiger partial charge is 0.123 e. The van der Waals surface area contributed by atoms with Crippen molar-refractivity contribution in [2.24, 2.45) is 0 Å². The zero-order valence-corrected chi connectivity index (χ0v) is 33.8. The van der Waals surface area contributed by atoms with Crippen molar-refractivity contribution >= 4 is 38.4 Å². The topological polar surface area (TPSA) is 21.7 Å². The van der Waals surface area contributed by atoms with Crippen LogP contribution in [-0.2, 0) is 17.1 Å². The Morgan fingerprint density at radius 3 is 1.46 bits per heavy atom. The van der Waals surface area contributed by atoms with E-state index in [0.717, 1.165) is 33.8 Å². The van der Waals surface area contributed by atoms with Gasteiger partial charge in [0.05, 0.1) is 14.2 Å². The van der Waals surface area contributed by atoms with Crippen LogP contribution in [0.5, 0.6) is 11.5 Å². The molecule has 2 atom stereocenters. The molecule has 0 bridgehead atoms. The van der Waals surface area contributed by atoms with Gasteiger partial charge in [0, 0.05) is 23.1 Å². The largest absolute Gasteiger partial charge is 0.748 e. The van der Waals surface area contributed by atoms with Gasteiger partial charge in [-0.15, -0.1) is 21.4 Å². The third kappa shape index (κ3) is 8.18. The normalized spacial score (nSPS) is 11.5. The summed E-state index contributed by atoms with van der Waals surface area (Å²) < 4.78 is 11.6. The van der Waals surface area contributed by atoms with Gasteiger partial charge < -0.3 is 44.7 Å². The van der Waals surface area contributed by atoms with Crippen LogP contribution >= 0.6 is 17.2 Å². The van der Waals surface area contributed by atoms with Crippen molar-refractivity contribution in [3.63, 3.8) is 0 Å². The van der Waals surface area contributed by atoms with Crippen LogP contribution in [0.4, 0.5) is 0 Å². The summed E-state index contributed by atoms with van der Waals surface area (Å²) in [5, 5.41) is 5.34. The molecule has 0 heterocycles. The summed E-state index contributed by atoms with van der Waals surface area (Å²) in [7, 11) is 10.2. The zero-order valence-electron chi connectivity index (χ0n) is 30.7. The Morgan fingerprint density at radius 2 is 1.08 bits per heavy atom. The third-order valence-electron chi connectivity index (χ3n) is 9.21. The van der Waals surface area contributed by atoms with Crippen molar-refractivity contribution in [1.82, 2.24) is 4.90 Å². The molecule has 6 heteroatoms. The van der Waals surface area contributed by atoms with Gasteiger partial charge in [-0.3, -0.25) is 0 Å². The fraction of sp³-hybridized carbons (Fsp3) is 0.227. The molecular formula is C44H49FeNO2P2-6. The van der Waals surface area contributed by atoms with E-state index in [4.69, 9.17) is 9.47 Å². The number of aryl methyl sites for hydroxylation is 4. The van der Waals surface area contributed by atoms with Gasteiger partial charge >= 0.3 is 0 Å². The predicted molar refractivity (Wildman–Crippen MR) is 217 cm³/mol. The Bertz CT molecular complexity index is 1880. The van der Waals surface area contributed by atoms with Crippen LogP contribution in [0.3, 0.4) is 0 Å². The first-order valence-corrected chi connectivity index (χ1v) is 18.7. The Labute approximate surface area is 314 Å². The summed E-state index contributed by atoms with van der Waals surface area (Å²) in [5.41, 5.74) is 10.9. The maximum absolute atomic E-state index is 5.83. The second kappa shape index (κ2) is 17.6. The molecule has 266 valence electrons. The molecule has 2 unspecified atom stereocenters. The molecule has 0 fully saturated rings. The maximum Gasteiger partial charge on any atom is 0.123 e. The summed E-state index contributed by atoms with van der Waals surface area (Å²) in [6, 6.07) is 41.5. The van der Waals surface area contributed by atoms with E-state index in [9.17, 15) is 0 Å². The number of hydrogen-bond donors (Lipinski definition) is 0. The minimum absolute atomic E-state index is 0. The van der Waals surface area contributed by atoms with Gasteiger partial charge in [0.25, 0.3) is 0 Å². The third-order valence-corrected chi connectivity index (χ3v) is 12.6. The minimum Gasteiger partial charge on any atom is -0.748 e. The predicted octanol–water partition coefficient (Wildman–Crippen LogP) is 9.27. The number of methoxy groups -OCH3 is 2. The molecule has 0 N–H and O–H groups in total. The van der Waals surface area contributed by atoms with Crippen LogP contribution < -0.4 is 30.7 Å². The SMILES string of the molecule is COc1c(C)cc(-c2c(P(c3ccccc3)c3ccccc3)c(P)c(C(C)N(C)C)[c-]2-c2cc(C)c(OC)c(C)c2)cc1C.[Fe].[cH-]1[cH-][cH-][cH-][cH-]1. The van der Waals surface area contributed by atoms with E-state index in [1.54, 1.807) is 14.2 Å². The Hall–Kier alpha value is -3.48. The fourth-order valence-electron chi connectivity index (χ4n) is 6.87. The second-order valence-electron chi connectivity index (χ2n) is 12.8. The maximum atomic E-state index is 5.83. The summed E-state index contributed by atoms with van der Waals surface area (Å²) in [5.74, 6) is 1.89. The standard InChI is InChI=1S/C39H44NO2P2.C5H5.Fe/c1-24-20-29(21-25(2)36(24)41-8)34-33(28(5)40(6)7)38(43)39(35(34)30-22-26(3)37(42-9)27(4)23-30)44(31-16-12-10-13-17-31)32-18-14-11-15-19-32;1-2-4-5-3-1;/h10-23,28H,43H2,1-9H3;1-5H;/q-1;-5;. The quantitative estimate of drug-likeness (QED) is 0.0839. The van der Waals surface area contributed by atoms with E-state index in [-0.39, 0.29) is 23.1 Å². The Balaban J connectivity index is 0.000000860. The van der Waals surface area contributed by atoms with Crippen LogP contribution in [-0.4, -0.2) is 33.2 Å².